The van der Waals surface area contributed by atoms with Crippen LogP contribution in [0.1, 0.15) is 19.8 Å². The number of rotatable bonds is 3. The van der Waals surface area contributed by atoms with E-state index >= 15 is 0 Å². The lowest BCUT2D eigenvalue weighted by Crippen LogP contribution is -2.39. The number of hydrogen-bond acceptors (Lipinski definition) is 3. The average Bonchev–Trinajstić information content (AvgIpc) is 2.33. The SMILES string of the molecule is CC1CCCN(CC(=O)Nc2ccc(F)cc2N)C1. The molecule has 1 aliphatic heterocycles. The molecule has 19 heavy (non-hydrogen) atoms. The predicted octanol–water partition coefficient (Wildman–Crippen LogP) is 2.08. The first kappa shape index (κ1) is 13.8. The van der Waals surface area contributed by atoms with Crippen molar-refractivity contribution in [1.29, 1.82) is 0 Å². The third-order valence-corrected chi connectivity index (χ3v) is 3.40. The molecule has 1 saturated heterocycles. The van der Waals surface area contributed by atoms with Gasteiger partial charge >= 0.3 is 0 Å². The topological polar surface area (TPSA) is 58.4 Å². The zero-order valence-electron chi connectivity index (χ0n) is 11.2. The van der Waals surface area contributed by atoms with Gasteiger partial charge in [-0.1, -0.05) is 6.92 Å². The summed E-state index contributed by atoms with van der Waals surface area (Å²) in [5.74, 6) is 0.130. The van der Waals surface area contributed by atoms with Crippen molar-refractivity contribution in [1.82, 2.24) is 4.90 Å². The maximum Gasteiger partial charge on any atom is 0.238 e. The first-order chi connectivity index (χ1) is 9.04. The Kier molecular flexibility index (Phi) is 4.37. The standard InChI is InChI=1S/C14H20FN3O/c1-10-3-2-6-18(8-10)9-14(19)17-13-5-4-11(15)7-12(13)16/h4-5,7,10H,2-3,6,8-9,16H2,1H3,(H,17,19). The summed E-state index contributed by atoms with van der Waals surface area (Å²) >= 11 is 0. The van der Waals surface area contributed by atoms with Crippen molar-refractivity contribution >= 4 is 17.3 Å². The van der Waals surface area contributed by atoms with Crippen LogP contribution in [0.3, 0.4) is 0 Å². The van der Waals surface area contributed by atoms with Crippen LogP contribution in [0.15, 0.2) is 18.2 Å². The molecule has 2 rings (SSSR count). The first-order valence-corrected chi connectivity index (χ1v) is 6.62. The Balaban J connectivity index is 1.90. The molecule has 0 aromatic heterocycles. The molecule has 3 N–H and O–H groups in total. The quantitative estimate of drug-likeness (QED) is 0.823. The van der Waals surface area contributed by atoms with E-state index in [2.05, 4.69) is 17.1 Å². The molecule has 5 heteroatoms. The van der Waals surface area contributed by atoms with Crippen molar-refractivity contribution in [3.05, 3.63) is 24.0 Å². The Morgan fingerprint density at radius 1 is 1.58 bits per heavy atom. The molecule has 1 aromatic carbocycles. The van der Waals surface area contributed by atoms with Crippen molar-refractivity contribution in [2.45, 2.75) is 19.8 Å². The van der Waals surface area contributed by atoms with Crippen LogP contribution in [0.4, 0.5) is 15.8 Å². The van der Waals surface area contributed by atoms with Gasteiger partial charge in [-0.3, -0.25) is 9.69 Å². The second kappa shape index (κ2) is 6.02. The van der Waals surface area contributed by atoms with Gasteiger partial charge in [0.05, 0.1) is 17.9 Å². The number of nitrogen functional groups attached to an aromatic ring is 1. The summed E-state index contributed by atoms with van der Waals surface area (Å²) in [6.07, 6.45) is 2.36. The van der Waals surface area contributed by atoms with Crippen LogP contribution in [0.25, 0.3) is 0 Å². The highest BCUT2D eigenvalue weighted by Crippen LogP contribution is 2.19. The summed E-state index contributed by atoms with van der Waals surface area (Å²) in [7, 11) is 0. The number of nitrogens with two attached hydrogens (primary N) is 1. The Labute approximate surface area is 112 Å². The number of piperidine rings is 1. The van der Waals surface area contributed by atoms with Gasteiger partial charge in [-0.05, 0) is 43.5 Å². The van der Waals surface area contributed by atoms with E-state index in [1.54, 1.807) is 0 Å². The summed E-state index contributed by atoms with van der Waals surface area (Å²) in [5, 5.41) is 2.73. The summed E-state index contributed by atoms with van der Waals surface area (Å²) in [6, 6.07) is 3.98. The number of benzene rings is 1. The number of nitrogens with zero attached hydrogens (tertiary/aromatic N) is 1. The van der Waals surface area contributed by atoms with Crippen LogP contribution >= 0.6 is 0 Å². The zero-order valence-corrected chi connectivity index (χ0v) is 11.2. The molecule has 0 aliphatic carbocycles. The van der Waals surface area contributed by atoms with E-state index in [0.29, 0.717) is 18.2 Å². The number of amides is 1. The fourth-order valence-electron chi connectivity index (χ4n) is 2.47. The summed E-state index contributed by atoms with van der Waals surface area (Å²) in [6.45, 7) is 4.46. The van der Waals surface area contributed by atoms with Gasteiger partial charge in [-0.2, -0.15) is 0 Å². The normalized spacial score (nSPS) is 20.2. The fourth-order valence-corrected chi connectivity index (χ4v) is 2.47. The lowest BCUT2D eigenvalue weighted by molar-refractivity contribution is -0.117. The van der Waals surface area contributed by atoms with Gasteiger partial charge in [0.25, 0.3) is 0 Å². The highest BCUT2D eigenvalue weighted by Gasteiger charge is 2.18. The van der Waals surface area contributed by atoms with Crippen LogP contribution in [-0.4, -0.2) is 30.4 Å². The van der Waals surface area contributed by atoms with E-state index in [1.807, 2.05) is 0 Å². The van der Waals surface area contributed by atoms with E-state index in [9.17, 15) is 9.18 Å². The molecule has 4 nitrogen and oxygen atoms in total. The van der Waals surface area contributed by atoms with Gasteiger partial charge in [-0.15, -0.1) is 0 Å². The minimum absolute atomic E-state index is 0.104. The Morgan fingerprint density at radius 3 is 3.05 bits per heavy atom. The molecule has 0 saturated carbocycles. The van der Waals surface area contributed by atoms with Gasteiger partial charge in [0.2, 0.25) is 5.91 Å². The Morgan fingerprint density at radius 2 is 2.37 bits per heavy atom. The molecule has 1 atom stereocenters. The van der Waals surface area contributed by atoms with Crippen LogP contribution in [0.2, 0.25) is 0 Å². The summed E-state index contributed by atoms with van der Waals surface area (Å²) in [5.41, 5.74) is 6.38. The van der Waals surface area contributed by atoms with Crippen molar-refractivity contribution in [2.24, 2.45) is 5.92 Å². The zero-order chi connectivity index (χ0) is 13.8. The van der Waals surface area contributed by atoms with E-state index in [4.69, 9.17) is 5.73 Å². The second-order valence-electron chi connectivity index (χ2n) is 5.26. The molecule has 1 heterocycles. The van der Waals surface area contributed by atoms with Crippen LogP contribution in [0, 0.1) is 11.7 Å². The van der Waals surface area contributed by atoms with E-state index in [1.165, 1.54) is 24.6 Å². The van der Waals surface area contributed by atoms with Crippen LogP contribution < -0.4 is 11.1 Å². The first-order valence-electron chi connectivity index (χ1n) is 6.62. The molecule has 0 bridgehead atoms. The minimum Gasteiger partial charge on any atom is -0.397 e. The minimum atomic E-state index is -0.402. The monoisotopic (exact) mass is 265 g/mol. The molecule has 0 spiro atoms. The Hall–Kier alpha value is -1.62. The number of likely N-dealkylation sites (tertiary alicyclic amines) is 1. The number of carbonyl (C=O) groups excluding carboxylic acids is 1. The average molecular weight is 265 g/mol. The van der Waals surface area contributed by atoms with Crippen molar-refractivity contribution in [3.8, 4) is 0 Å². The number of halogens is 1. The van der Waals surface area contributed by atoms with Crippen LogP contribution in [-0.2, 0) is 4.79 Å². The molecule has 1 amide bonds. The van der Waals surface area contributed by atoms with Gasteiger partial charge in [-0.25, -0.2) is 4.39 Å². The maximum atomic E-state index is 12.9. The summed E-state index contributed by atoms with van der Waals surface area (Å²) in [4.78, 5) is 14.1. The van der Waals surface area contributed by atoms with Gasteiger partial charge in [0.1, 0.15) is 5.82 Å². The molecule has 0 radical (unpaired) electrons. The predicted molar refractivity (Wildman–Crippen MR) is 74.3 cm³/mol. The summed E-state index contributed by atoms with van der Waals surface area (Å²) < 4.78 is 12.9. The third kappa shape index (κ3) is 3.92. The van der Waals surface area contributed by atoms with Crippen molar-refractivity contribution in [2.75, 3.05) is 30.7 Å². The lowest BCUT2D eigenvalue weighted by Gasteiger charge is -2.30. The number of hydrogen-bond donors (Lipinski definition) is 2. The third-order valence-electron chi connectivity index (χ3n) is 3.40. The van der Waals surface area contributed by atoms with Crippen molar-refractivity contribution in [3.63, 3.8) is 0 Å². The van der Waals surface area contributed by atoms with Gasteiger partial charge in [0.15, 0.2) is 0 Å². The largest absolute Gasteiger partial charge is 0.397 e. The van der Waals surface area contributed by atoms with E-state index in [0.717, 1.165) is 19.5 Å². The van der Waals surface area contributed by atoms with Crippen LogP contribution in [0.5, 0.6) is 0 Å². The highest BCUT2D eigenvalue weighted by atomic mass is 19.1. The fraction of sp³-hybridized carbons (Fsp3) is 0.500. The number of nitrogens with one attached hydrogen (secondary N) is 1. The van der Waals surface area contributed by atoms with E-state index in [-0.39, 0.29) is 11.6 Å². The molecular weight excluding hydrogens is 245 g/mol. The molecule has 1 unspecified atom stereocenters. The number of anilines is 2. The number of carbonyl (C=O) groups is 1. The highest BCUT2D eigenvalue weighted by molar-refractivity contribution is 5.95. The maximum absolute atomic E-state index is 12.9. The molecule has 1 aromatic rings. The van der Waals surface area contributed by atoms with Gasteiger partial charge < -0.3 is 11.1 Å². The second-order valence-corrected chi connectivity index (χ2v) is 5.26. The molecule has 1 aliphatic rings. The smallest absolute Gasteiger partial charge is 0.238 e. The lowest BCUT2D eigenvalue weighted by atomic mass is 10.0. The van der Waals surface area contributed by atoms with Gasteiger partial charge in [0, 0.05) is 6.54 Å². The molecule has 104 valence electrons. The van der Waals surface area contributed by atoms with Crippen molar-refractivity contribution < 1.29 is 9.18 Å². The molecule has 1 fully saturated rings. The van der Waals surface area contributed by atoms with E-state index < -0.39 is 5.82 Å². The molecular formula is C14H20FN3O. The Bertz CT molecular complexity index is 464.